The molecule has 0 unspecified atom stereocenters. The molecule has 23 heavy (non-hydrogen) atoms. The van der Waals surface area contributed by atoms with Gasteiger partial charge < -0.3 is 16.4 Å². The molecule has 1 heterocycles. The van der Waals surface area contributed by atoms with Crippen molar-refractivity contribution in [1.82, 2.24) is 15.6 Å². The Morgan fingerprint density at radius 3 is 2.61 bits per heavy atom. The molecule has 0 aliphatic heterocycles. The van der Waals surface area contributed by atoms with Gasteiger partial charge in [-0.05, 0) is 24.1 Å². The van der Waals surface area contributed by atoms with Gasteiger partial charge in [-0.3, -0.25) is 14.8 Å². The van der Waals surface area contributed by atoms with Crippen molar-refractivity contribution in [3.63, 3.8) is 0 Å². The predicted molar refractivity (Wildman–Crippen MR) is 91.2 cm³/mol. The van der Waals surface area contributed by atoms with Gasteiger partial charge in [0.1, 0.15) is 0 Å². The largest absolute Gasteiger partial charge is 0.370 e. The van der Waals surface area contributed by atoms with E-state index < -0.39 is 0 Å². The monoisotopic (exact) mass is 311 g/mol. The van der Waals surface area contributed by atoms with E-state index in [9.17, 15) is 4.79 Å². The molecule has 4 N–H and O–H groups in total. The SMILES string of the molecule is NC(=NCCc1ccccc1)NCCNC(=O)c1cccnc1. The number of nitrogens with zero attached hydrogens (tertiary/aromatic N) is 2. The van der Waals surface area contributed by atoms with Gasteiger partial charge in [0, 0.05) is 32.0 Å². The summed E-state index contributed by atoms with van der Waals surface area (Å²) in [4.78, 5) is 19.9. The number of hydrogen-bond acceptors (Lipinski definition) is 3. The molecule has 0 bridgehead atoms. The third kappa shape index (κ3) is 6.17. The van der Waals surface area contributed by atoms with Crippen LogP contribution in [0.2, 0.25) is 0 Å². The fourth-order valence-electron chi connectivity index (χ4n) is 1.97. The first-order valence-electron chi connectivity index (χ1n) is 7.51. The summed E-state index contributed by atoms with van der Waals surface area (Å²) in [5, 5.41) is 5.76. The third-order valence-corrected chi connectivity index (χ3v) is 3.17. The van der Waals surface area contributed by atoms with Gasteiger partial charge in [-0.2, -0.15) is 0 Å². The zero-order valence-corrected chi connectivity index (χ0v) is 12.9. The van der Waals surface area contributed by atoms with E-state index in [2.05, 4.69) is 32.7 Å². The first-order valence-corrected chi connectivity index (χ1v) is 7.51. The Kier molecular flexibility index (Phi) is 6.59. The number of benzene rings is 1. The molecule has 0 aliphatic carbocycles. The average Bonchev–Trinajstić information content (AvgIpc) is 2.60. The molecule has 0 spiro atoms. The van der Waals surface area contributed by atoms with Crippen molar-refractivity contribution in [2.24, 2.45) is 10.7 Å². The molecular formula is C17H21N5O. The van der Waals surface area contributed by atoms with Crippen LogP contribution in [-0.2, 0) is 6.42 Å². The molecule has 6 nitrogen and oxygen atoms in total. The van der Waals surface area contributed by atoms with Crippen molar-refractivity contribution in [3.8, 4) is 0 Å². The van der Waals surface area contributed by atoms with Crippen molar-refractivity contribution in [2.45, 2.75) is 6.42 Å². The maximum Gasteiger partial charge on any atom is 0.252 e. The Hall–Kier alpha value is -2.89. The van der Waals surface area contributed by atoms with Crippen LogP contribution in [0.1, 0.15) is 15.9 Å². The standard InChI is InChI=1S/C17H21N5O/c18-17(21-10-8-14-5-2-1-3-6-14)22-12-11-20-16(23)15-7-4-9-19-13-15/h1-7,9,13H,8,10-12H2,(H,20,23)(H3,18,21,22). The van der Waals surface area contributed by atoms with Gasteiger partial charge in [-0.25, -0.2) is 0 Å². The summed E-state index contributed by atoms with van der Waals surface area (Å²) in [6.07, 6.45) is 4.01. The molecule has 0 radical (unpaired) electrons. The molecule has 0 saturated carbocycles. The number of nitrogens with one attached hydrogen (secondary N) is 2. The van der Waals surface area contributed by atoms with E-state index >= 15 is 0 Å². The van der Waals surface area contributed by atoms with E-state index in [1.807, 2.05) is 18.2 Å². The maximum atomic E-state index is 11.8. The van der Waals surface area contributed by atoms with E-state index in [0.29, 0.717) is 31.2 Å². The molecule has 0 saturated heterocycles. The highest BCUT2D eigenvalue weighted by Gasteiger charge is 2.03. The Labute approximate surface area is 135 Å². The number of amides is 1. The summed E-state index contributed by atoms with van der Waals surface area (Å²) in [6.45, 7) is 1.61. The smallest absolute Gasteiger partial charge is 0.252 e. The number of aliphatic imine (C=N–C) groups is 1. The van der Waals surface area contributed by atoms with E-state index in [-0.39, 0.29) is 5.91 Å². The lowest BCUT2D eigenvalue weighted by molar-refractivity contribution is 0.0954. The minimum Gasteiger partial charge on any atom is -0.370 e. The summed E-state index contributed by atoms with van der Waals surface area (Å²) in [5.74, 6) is 0.232. The van der Waals surface area contributed by atoms with Crippen LogP contribution in [0.4, 0.5) is 0 Å². The number of rotatable bonds is 7. The highest BCUT2D eigenvalue weighted by molar-refractivity contribution is 5.93. The maximum absolute atomic E-state index is 11.8. The molecule has 0 aliphatic rings. The average molecular weight is 311 g/mol. The van der Waals surface area contributed by atoms with E-state index in [0.717, 1.165) is 6.42 Å². The zero-order valence-electron chi connectivity index (χ0n) is 12.9. The summed E-state index contributed by atoms with van der Waals surface area (Å²) in [6, 6.07) is 13.6. The Bertz CT molecular complexity index is 628. The van der Waals surface area contributed by atoms with Crippen LogP contribution in [-0.4, -0.2) is 36.5 Å². The lowest BCUT2D eigenvalue weighted by Crippen LogP contribution is -2.38. The van der Waals surface area contributed by atoms with Gasteiger partial charge >= 0.3 is 0 Å². The van der Waals surface area contributed by atoms with Crippen LogP contribution in [0, 0.1) is 0 Å². The fraction of sp³-hybridized carbons (Fsp3) is 0.235. The second kappa shape index (κ2) is 9.19. The lowest BCUT2D eigenvalue weighted by Gasteiger charge is -2.07. The molecule has 1 aromatic carbocycles. The highest BCUT2D eigenvalue weighted by Crippen LogP contribution is 1.99. The normalized spacial score (nSPS) is 11.0. The van der Waals surface area contributed by atoms with Crippen LogP contribution in [0.5, 0.6) is 0 Å². The Morgan fingerprint density at radius 1 is 1.09 bits per heavy atom. The van der Waals surface area contributed by atoms with Gasteiger partial charge in [-0.1, -0.05) is 30.3 Å². The van der Waals surface area contributed by atoms with Gasteiger partial charge in [0.05, 0.1) is 5.56 Å². The summed E-state index contributed by atoms with van der Waals surface area (Å²) >= 11 is 0. The topological polar surface area (TPSA) is 92.4 Å². The van der Waals surface area contributed by atoms with E-state index in [4.69, 9.17) is 5.73 Å². The lowest BCUT2D eigenvalue weighted by atomic mass is 10.2. The van der Waals surface area contributed by atoms with E-state index in [1.54, 1.807) is 18.3 Å². The Balaban J connectivity index is 1.62. The van der Waals surface area contributed by atoms with Crippen LogP contribution in [0.15, 0.2) is 59.9 Å². The minimum absolute atomic E-state index is 0.153. The number of aromatic nitrogens is 1. The van der Waals surface area contributed by atoms with Crippen molar-refractivity contribution in [3.05, 3.63) is 66.0 Å². The van der Waals surface area contributed by atoms with E-state index in [1.165, 1.54) is 11.8 Å². The first-order chi connectivity index (χ1) is 11.3. The summed E-state index contributed by atoms with van der Waals surface area (Å²) < 4.78 is 0. The van der Waals surface area contributed by atoms with Gasteiger partial charge in [-0.15, -0.1) is 0 Å². The van der Waals surface area contributed by atoms with Crippen LogP contribution >= 0.6 is 0 Å². The van der Waals surface area contributed by atoms with Crippen molar-refractivity contribution < 1.29 is 4.79 Å². The molecule has 1 amide bonds. The quantitative estimate of drug-likeness (QED) is 0.403. The molecule has 1 aromatic heterocycles. The van der Waals surface area contributed by atoms with Crippen molar-refractivity contribution in [2.75, 3.05) is 19.6 Å². The minimum atomic E-state index is -0.153. The van der Waals surface area contributed by atoms with Crippen LogP contribution in [0.3, 0.4) is 0 Å². The molecule has 2 aromatic rings. The molecule has 120 valence electrons. The number of hydrogen-bond donors (Lipinski definition) is 3. The van der Waals surface area contributed by atoms with Crippen LogP contribution < -0.4 is 16.4 Å². The number of carbonyl (C=O) groups excluding carboxylic acids is 1. The van der Waals surface area contributed by atoms with Crippen LogP contribution in [0.25, 0.3) is 0 Å². The van der Waals surface area contributed by atoms with Gasteiger partial charge in [0.2, 0.25) is 0 Å². The first kappa shape index (κ1) is 16.5. The second-order valence-electron chi connectivity index (χ2n) is 4.93. The number of pyridine rings is 1. The van der Waals surface area contributed by atoms with Crippen molar-refractivity contribution >= 4 is 11.9 Å². The van der Waals surface area contributed by atoms with Gasteiger partial charge in [0.15, 0.2) is 5.96 Å². The molecule has 2 rings (SSSR count). The molecule has 0 fully saturated rings. The summed E-state index contributed by atoms with van der Waals surface area (Å²) in [5.41, 5.74) is 7.55. The zero-order chi connectivity index (χ0) is 16.3. The highest BCUT2D eigenvalue weighted by atomic mass is 16.1. The second-order valence-corrected chi connectivity index (χ2v) is 4.93. The molecule has 0 atom stereocenters. The number of guanidine groups is 1. The predicted octanol–water partition coefficient (Wildman–Crippen LogP) is 0.958. The van der Waals surface area contributed by atoms with Gasteiger partial charge in [0.25, 0.3) is 5.91 Å². The Morgan fingerprint density at radius 2 is 1.87 bits per heavy atom. The molecule has 6 heteroatoms. The third-order valence-electron chi connectivity index (χ3n) is 3.17. The van der Waals surface area contributed by atoms with Crippen molar-refractivity contribution in [1.29, 1.82) is 0 Å². The summed E-state index contributed by atoms with van der Waals surface area (Å²) in [7, 11) is 0. The molecular weight excluding hydrogens is 290 g/mol. The fourth-order valence-corrected chi connectivity index (χ4v) is 1.97. The number of nitrogens with two attached hydrogens (primary N) is 1. The number of carbonyl (C=O) groups is 1.